The fourth-order valence-corrected chi connectivity index (χ4v) is 6.79. The highest BCUT2D eigenvalue weighted by atomic mass is 32.2. The van der Waals surface area contributed by atoms with Gasteiger partial charge in [-0.25, -0.2) is 13.4 Å². The minimum Gasteiger partial charge on any atom is -0.376 e. The summed E-state index contributed by atoms with van der Waals surface area (Å²) >= 11 is 1.63. The van der Waals surface area contributed by atoms with Crippen LogP contribution in [0.2, 0.25) is 0 Å². The number of aryl methyl sites for hydroxylation is 1. The highest BCUT2D eigenvalue weighted by molar-refractivity contribution is 7.88. The van der Waals surface area contributed by atoms with Gasteiger partial charge in [0.05, 0.1) is 17.7 Å². The molecule has 1 atom stereocenters. The molecule has 5 heterocycles. The summed E-state index contributed by atoms with van der Waals surface area (Å²) in [4.78, 5) is 20.7. The van der Waals surface area contributed by atoms with Gasteiger partial charge in [-0.1, -0.05) is 0 Å². The van der Waals surface area contributed by atoms with E-state index in [1.165, 1.54) is 10.6 Å². The minimum atomic E-state index is -3.15. The zero-order chi connectivity index (χ0) is 24.6. The standard InChI is InChI=1S/C24H31N5O4S2/c1-27-16-21(17-5-6-25-22(12-17)26-14-18-4-3-11-33-18)23-20(24(27)30)13-19(34-23)15-28-7-9-29(10-8-28)35(2,31)32/h5-6,12-13,16,18H,3-4,7-11,14-15H2,1-2H3,(H,25,26). The van der Waals surface area contributed by atoms with Gasteiger partial charge in [0.2, 0.25) is 10.0 Å². The molecule has 0 bridgehead atoms. The zero-order valence-electron chi connectivity index (χ0n) is 20.1. The number of rotatable bonds is 7. The topological polar surface area (TPSA) is 96.8 Å². The highest BCUT2D eigenvalue weighted by Gasteiger charge is 2.24. The van der Waals surface area contributed by atoms with E-state index < -0.39 is 10.0 Å². The Labute approximate surface area is 209 Å². The van der Waals surface area contributed by atoms with Crippen LogP contribution >= 0.6 is 11.3 Å². The molecule has 2 aliphatic heterocycles. The molecule has 11 heteroatoms. The van der Waals surface area contributed by atoms with E-state index in [1.807, 2.05) is 24.4 Å². The molecule has 9 nitrogen and oxygen atoms in total. The maximum absolute atomic E-state index is 12.9. The van der Waals surface area contributed by atoms with Gasteiger partial charge in [-0.2, -0.15) is 4.31 Å². The molecular formula is C24H31N5O4S2. The Bertz CT molecular complexity index is 1370. The number of aromatic nitrogens is 2. The Morgan fingerprint density at radius 2 is 2.03 bits per heavy atom. The van der Waals surface area contributed by atoms with Crippen molar-refractivity contribution in [3.05, 3.63) is 45.8 Å². The number of thiophene rings is 1. The predicted octanol–water partition coefficient (Wildman–Crippen LogP) is 2.33. The third-order valence-corrected chi connectivity index (χ3v) is 9.14. The molecule has 3 aromatic rings. The van der Waals surface area contributed by atoms with Crippen LogP contribution < -0.4 is 10.9 Å². The molecule has 1 unspecified atom stereocenters. The lowest BCUT2D eigenvalue weighted by atomic mass is 10.1. The Hall–Kier alpha value is -2.31. The molecule has 0 aliphatic carbocycles. The van der Waals surface area contributed by atoms with Gasteiger partial charge >= 0.3 is 0 Å². The van der Waals surface area contributed by atoms with E-state index in [0.717, 1.165) is 52.5 Å². The molecule has 2 aliphatic rings. The van der Waals surface area contributed by atoms with E-state index in [4.69, 9.17) is 4.74 Å². The van der Waals surface area contributed by atoms with E-state index in [2.05, 4.69) is 15.2 Å². The monoisotopic (exact) mass is 517 g/mol. The van der Waals surface area contributed by atoms with Crippen LogP contribution in [0.25, 0.3) is 21.2 Å². The van der Waals surface area contributed by atoms with Crippen LogP contribution in [0, 0.1) is 0 Å². The average molecular weight is 518 g/mol. The number of hydrogen-bond donors (Lipinski definition) is 1. The number of nitrogens with zero attached hydrogens (tertiary/aromatic N) is 4. The lowest BCUT2D eigenvalue weighted by molar-refractivity contribution is 0.120. The third kappa shape index (κ3) is 5.44. The van der Waals surface area contributed by atoms with Crippen LogP contribution in [0.4, 0.5) is 5.82 Å². The summed E-state index contributed by atoms with van der Waals surface area (Å²) in [5, 5.41) is 4.10. The fraction of sp³-hybridized carbons (Fsp3) is 0.500. The summed E-state index contributed by atoms with van der Waals surface area (Å²) in [5.74, 6) is 0.792. The van der Waals surface area contributed by atoms with E-state index in [1.54, 1.807) is 29.1 Å². The number of anilines is 1. The SMILES string of the molecule is Cn1cc(-c2ccnc(NCC3CCCO3)c2)c2sc(CN3CCN(S(C)(=O)=O)CC3)cc2c1=O. The zero-order valence-corrected chi connectivity index (χ0v) is 21.7. The fourth-order valence-electron chi connectivity index (χ4n) is 4.74. The van der Waals surface area contributed by atoms with Crippen LogP contribution in [0.3, 0.4) is 0 Å². The molecule has 0 aromatic carbocycles. The molecule has 0 amide bonds. The maximum Gasteiger partial charge on any atom is 0.259 e. The van der Waals surface area contributed by atoms with Crippen molar-refractivity contribution in [1.29, 1.82) is 0 Å². The highest BCUT2D eigenvalue weighted by Crippen LogP contribution is 2.34. The van der Waals surface area contributed by atoms with E-state index >= 15 is 0 Å². The van der Waals surface area contributed by atoms with Gasteiger partial charge in [-0.15, -0.1) is 11.3 Å². The lowest BCUT2D eigenvalue weighted by Gasteiger charge is -2.32. The first-order valence-electron chi connectivity index (χ1n) is 11.9. The maximum atomic E-state index is 12.9. The Kier molecular flexibility index (Phi) is 6.95. The number of ether oxygens (including phenoxy) is 1. The number of nitrogens with one attached hydrogen (secondary N) is 1. The van der Waals surface area contributed by atoms with Crippen molar-refractivity contribution in [2.75, 3.05) is 50.9 Å². The number of fused-ring (bicyclic) bond motifs is 1. The first-order chi connectivity index (χ1) is 16.8. The van der Waals surface area contributed by atoms with E-state index in [-0.39, 0.29) is 11.7 Å². The van der Waals surface area contributed by atoms with Gasteiger partial charge in [0.25, 0.3) is 5.56 Å². The van der Waals surface area contributed by atoms with Crippen molar-refractivity contribution < 1.29 is 13.2 Å². The van der Waals surface area contributed by atoms with Crippen molar-refractivity contribution in [3.63, 3.8) is 0 Å². The Balaban J connectivity index is 1.38. The average Bonchev–Trinajstić information content (AvgIpc) is 3.50. The molecule has 2 fully saturated rings. The Morgan fingerprint density at radius 1 is 1.23 bits per heavy atom. The normalized spacial score (nSPS) is 20.0. The van der Waals surface area contributed by atoms with Gasteiger partial charge in [0.15, 0.2) is 0 Å². The van der Waals surface area contributed by atoms with Crippen LogP contribution in [-0.4, -0.2) is 78.9 Å². The molecule has 0 radical (unpaired) electrons. The van der Waals surface area contributed by atoms with Crippen molar-refractivity contribution in [1.82, 2.24) is 18.8 Å². The second-order valence-electron chi connectivity index (χ2n) is 9.30. The number of hydrogen-bond acceptors (Lipinski definition) is 8. The summed E-state index contributed by atoms with van der Waals surface area (Å²) in [5.41, 5.74) is 1.99. The summed E-state index contributed by atoms with van der Waals surface area (Å²) in [6.45, 7) is 4.60. The number of sulfonamides is 1. The third-order valence-electron chi connectivity index (χ3n) is 6.69. The summed E-state index contributed by atoms with van der Waals surface area (Å²) in [6.07, 6.45) is 7.34. The van der Waals surface area contributed by atoms with Gasteiger partial charge in [-0.05, 0) is 36.6 Å². The summed E-state index contributed by atoms with van der Waals surface area (Å²) in [7, 11) is -1.37. The van der Waals surface area contributed by atoms with Crippen LogP contribution in [0.1, 0.15) is 17.7 Å². The van der Waals surface area contributed by atoms with Gasteiger partial charge < -0.3 is 14.6 Å². The largest absolute Gasteiger partial charge is 0.376 e. The first-order valence-corrected chi connectivity index (χ1v) is 14.6. The molecule has 35 heavy (non-hydrogen) atoms. The molecule has 1 N–H and O–H groups in total. The molecule has 3 aromatic heterocycles. The summed E-state index contributed by atoms with van der Waals surface area (Å²) in [6, 6.07) is 5.99. The second kappa shape index (κ2) is 9.98. The molecule has 0 saturated carbocycles. The number of piperazine rings is 1. The molecule has 5 rings (SSSR count). The van der Waals surface area contributed by atoms with Crippen LogP contribution in [0.15, 0.2) is 35.4 Å². The molecule has 0 spiro atoms. The van der Waals surface area contributed by atoms with Gasteiger partial charge in [0.1, 0.15) is 5.82 Å². The van der Waals surface area contributed by atoms with Crippen LogP contribution in [-0.2, 0) is 28.4 Å². The van der Waals surface area contributed by atoms with Crippen LogP contribution in [0.5, 0.6) is 0 Å². The summed E-state index contributed by atoms with van der Waals surface area (Å²) < 4.78 is 33.4. The van der Waals surface area contributed by atoms with Crippen molar-refractivity contribution in [2.45, 2.75) is 25.5 Å². The van der Waals surface area contributed by atoms with Crippen molar-refractivity contribution in [2.24, 2.45) is 7.05 Å². The minimum absolute atomic E-state index is 0.0149. The molecular weight excluding hydrogens is 486 g/mol. The van der Waals surface area contributed by atoms with Gasteiger partial charge in [0, 0.05) is 80.5 Å². The van der Waals surface area contributed by atoms with Crippen molar-refractivity contribution in [3.8, 4) is 11.1 Å². The predicted molar refractivity (Wildman–Crippen MR) is 139 cm³/mol. The van der Waals surface area contributed by atoms with Gasteiger partial charge in [-0.3, -0.25) is 9.69 Å². The lowest BCUT2D eigenvalue weighted by Crippen LogP contribution is -2.47. The second-order valence-corrected chi connectivity index (χ2v) is 12.4. The van der Waals surface area contributed by atoms with E-state index in [9.17, 15) is 13.2 Å². The number of pyridine rings is 2. The smallest absolute Gasteiger partial charge is 0.259 e. The molecule has 188 valence electrons. The molecule has 2 saturated heterocycles. The quantitative estimate of drug-likeness (QED) is 0.514. The van der Waals surface area contributed by atoms with E-state index in [0.29, 0.717) is 38.1 Å². The Morgan fingerprint density at radius 3 is 2.74 bits per heavy atom. The van der Waals surface area contributed by atoms with Crippen molar-refractivity contribution >= 4 is 37.3 Å². The first kappa shape index (κ1) is 24.4.